The van der Waals surface area contributed by atoms with Crippen LogP contribution >= 0.6 is 0 Å². The van der Waals surface area contributed by atoms with Crippen LogP contribution in [-0.4, -0.2) is 31.2 Å². The first-order valence-corrected chi connectivity index (χ1v) is 7.57. The van der Waals surface area contributed by atoms with Gasteiger partial charge in [-0.2, -0.15) is 5.10 Å². The Bertz CT molecular complexity index is 697. The molecule has 2 N–H and O–H groups in total. The average Bonchev–Trinajstić information content (AvgIpc) is 2.62. The first kappa shape index (κ1) is 17.2. The Kier molecular flexibility index (Phi) is 6.52. The van der Waals surface area contributed by atoms with Gasteiger partial charge in [0.1, 0.15) is 5.75 Å². The first-order chi connectivity index (χ1) is 11.7. The lowest BCUT2D eigenvalue weighted by molar-refractivity contribution is -0.120. The summed E-state index contributed by atoms with van der Waals surface area (Å²) in [6.45, 7) is 2.38. The number of nitrogens with one attached hydrogen (secondary N) is 2. The number of nitrogens with zero attached hydrogens (tertiary/aromatic N) is 1. The Morgan fingerprint density at radius 1 is 1.08 bits per heavy atom. The smallest absolute Gasteiger partial charge is 0.259 e. The molecule has 24 heavy (non-hydrogen) atoms. The van der Waals surface area contributed by atoms with Gasteiger partial charge in [-0.1, -0.05) is 18.2 Å². The number of benzene rings is 2. The van der Waals surface area contributed by atoms with Crippen LogP contribution in [-0.2, 0) is 4.79 Å². The third-order valence-corrected chi connectivity index (χ3v) is 3.04. The number of hydrogen-bond acceptors (Lipinski definition) is 4. The molecular weight excluding hydrogens is 306 g/mol. The summed E-state index contributed by atoms with van der Waals surface area (Å²) in [5.41, 5.74) is 3.69. The van der Waals surface area contributed by atoms with Crippen LogP contribution in [0.2, 0.25) is 0 Å². The highest BCUT2D eigenvalue weighted by molar-refractivity contribution is 5.96. The van der Waals surface area contributed by atoms with Gasteiger partial charge in [-0.15, -0.1) is 0 Å². The molecule has 2 rings (SSSR count). The van der Waals surface area contributed by atoms with E-state index in [1.54, 1.807) is 24.3 Å². The lowest BCUT2D eigenvalue weighted by Crippen LogP contribution is -2.34. The van der Waals surface area contributed by atoms with E-state index >= 15 is 0 Å². The second-order valence-electron chi connectivity index (χ2n) is 4.84. The van der Waals surface area contributed by atoms with Crippen molar-refractivity contribution in [2.45, 2.75) is 6.92 Å². The van der Waals surface area contributed by atoms with Crippen LogP contribution in [0, 0.1) is 0 Å². The fourth-order valence-electron chi connectivity index (χ4n) is 1.89. The van der Waals surface area contributed by atoms with E-state index in [9.17, 15) is 9.59 Å². The maximum absolute atomic E-state index is 11.8. The van der Waals surface area contributed by atoms with E-state index in [0.717, 1.165) is 11.3 Å². The van der Waals surface area contributed by atoms with Crippen LogP contribution in [0.5, 0.6) is 5.75 Å². The van der Waals surface area contributed by atoms with Crippen molar-refractivity contribution in [3.8, 4) is 5.75 Å². The average molecular weight is 325 g/mol. The third kappa shape index (κ3) is 5.57. The van der Waals surface area contributed by atoms with Crippen molar-refractivity contribution in [1.29, 1.82) is 0 Å². The van der Waals surface area contributed by atoms with Crippen LogP contribution in [0.25, 0.3) is 0 Å². The Morgan fingerprint density at radius 3 is 2.46 bits per heavy atom. The molecule has 2 amide bonds. The largest absolute Gasteiger partial charge is 0.494 e. The molecule has 6 heteroatoms. The molecule has 0 heterocycles. The molecule has 124 valence electrons. The van der Waals surface area contributed by atoms with Gasteiger partial charge in [0.2, 0.25) is 0 Å². The summed E-state index contributed by atoms with van der Waals surface area (Å²) in [6, 6.07) is 16.0. The maximum Gasteiger partial charge on any atom is 0.259 e. The molecular formula is C18H19N3O3. The van der Waals surface area contributed by atoms with Gasteiger partial charge in [-0.05, 0) is 48.9 Å². The Labute approximate surface area is 140 Å². The van der Waals surface area contributed by atoms with Gasteiger partial charge in [-0.3, -0.25) is 9.59 Å². The fraction of sp³-hybridized carbons (Fsp3) is 0.167. The van der Waals surface area contributed by atoms with Gasteiger partial charge >= 0.3 is 0 Å². The van der Waals surface area contributed by atoms with Gasteiger partial charge in [0, 0.05) is 5.56 Å². The van der Waals surface area contributed by atoms with Gasteiger partial charge < -0.3 is 10.1 Å². The maximum atomic E-state index is 11.8. The number of ether oxygens (including phenoxy) is 1. The molecule has 2 aromatic carbocycles. The van der Waals surface area contributed by atoms with Crippen molar-refractivity contribution in [3.05, 3.63) is 65.7 Å². The van der Waals surface area contributed by atoms with E-state index in [2.05, 4.69) is 15.8 Å². The molecule has 0 aromatic heterocycles. The van der Waals surface area contributed by atoms with E-state index in [1.165, 1.54) is 6.21 Å². The standard InChI is InChI=1S/C18H19N3O3/c1-2-24-16-10-8-14(9-11-16)12-20-21-17(22)13-19-18(23)15-6-4-3-5-7-15/h3-12H,2,13H2,1H3,(H,19,23)(H,21,22)/b20-12-. The van der Waals surface area contributed by atoms with Crippen molar-refractivity contribution in [3.63, 3.8) is 0 Å². The molecule has 2 aromatic rings. The van der Waals surface area contributed by atoms with Crippen molar-refractivity contribution < 1.29 is 14.3 Å². The number of carbonyl (C=O) groups excluding carboxylic acids is 2. The highest BCUT2D eigenvalue weighted by atomic mass is 16.5. The molecule has 0 saturated carbocycles. The molecule has 0 unspecified atom stereocenters. The predicted octanol–water partition coefficient (Wildman–Crippen LogP) is 1.97. The van der Waals surface area contributed by atoms with Crippen molar-refractivity contribution in [2.24, 2.45) is 5.10 Å². The number of hydrazone groups is 1. The van der Waals surface area contributed by atoms with Gasteiger partial charge in [0.05, 0.1) is 19.4 Å². The van der Waals surface area contributed by atoms with Gasteiger partial charge in [0.15, 0.2) is 0 Å². The molecule has 0 saturated heterocycles. The zero-order valence-electron chi connectivity index (χ0n) is 13.4. The second kappa shape index (κ2) is 9.09. The zero-order chi connectivity index (χ0) is 17.2. The van der Waals surface area contributed by atoms with Crippen molar-refractivity contribution in [2.75, 3.05) is 13.2 Å². The summed E-state index contributed by atoms with van der Waals surface area (Å²) in [4.78, 5) is 23.4. The molecule has 0 atom stereocenters. The Hall–Kier alpha value is -3.15. The third-order valence-electron chi connectivity index (χ3n) is 3.04. The SMILES string of the molecule is CCOc1ccc(/C=N\NC(=O)CNC(=O)c2ccccc2)cc1. The van der Waals surface area contributed by atoms with Crippen molar-refractivity contribution >= 4 is 18.0 Å². The normalized spacial score (nSPS) is 10.4. The molecule has 0 radical (unpaired) electrons. The van der Waals surface area contributed by atoms with Crippen LogP contribution in [0.3, 0.4) is 0 Å². The minimum Gasteiger partial charge on any atom is -0.494 e. The molecule has 0 fully saturated rings. The molecule has 0 bridgehead atoms. The Morgan fingerprint density at radius 2 is 1.79 bits per heavy atom. The van der Waals surface area contributed by atoms with Crippen LogP contribution < -0.4 is 15.5 Å². The summed E-state index contributed by atoms with van der Waals surface area (Å²) < 4.78 is 5.34. The lowest BCUT2D eigenvalue weighted by Gasteiger charge is -2.04. The summed E-state index contributed by atoms with van der Waals surface area (Å²) in [6.07, 6.45) is 1.52. The van der Waals surface area contributed by atoms with Crippen LogP contribution in [0.15, 0.2) is 59.7 Å². The summed E-state index contributed by atoms with van der Waals surface area (Å²) in [7, 11) is 0. The quantitative estimate of drug-likeness (QED) is 0.603. The van der Waals surface area contributed by atoms with E-state index in [-0.39, 0.29) is 12.5 Å². The second-order valence-corrected chi connectivity index (χ2v) is 4.84. The summed E-state index contributed by atoms with van der Waals surface area (Å²) in [5, 5.41) is 6.38. The van der Waals surface area contributed by atoms with E-state index in [0.29, 0.717) is 12.2 Å². The van der Waals surface area contributed by atoms with E-state index < -0.39 is 5.91 Å². The molecule has 0 spiro atoms. The lowest BCUT2D eigenvalue weighted by atomic mass is 10.2. The van der Waals surface area contributed by atoms with Crippen LogP contribution in [0.4, 0.5) is 0 Å². The van der Waals surface area contributed by atoms with E-state index in [1.807, 2.05) is 37.3 Å². The monoisotopic (exact) mass is 325 g/mol. The minimum absolute atomic E-state index is 0.144. The Balaban J connectivity index is 1.75. The van der Waals surface area contributed by atoms with Crippen LogP contribution in [0.1, 0.15) is 22.8 Å². The molecule has 0 aliphatic carbocycles. The molecule has 0 aliphatic heterocycles. The first-order valence-electron chi connectivity index (χ1n) is 7.57. The fourth-order valence-corrected chi connectivity index (χ4v) is 1.89. The molecule has 0 aliphatic rings. The number of rotatable bonds is 7. The summed E-state index contributed by atoms with van der Waals surface area (Å²) in [5.74, 6) is 0.0741. The van der Waals surface area contributed by atoms with Crippen molar-refractivity contribution in [1.82, 2.24) is 10.7 Å². The van der Waals surface area contributed by atoms with Gasteiger partial charge in [-0.25, -0.2) is 5.43 Å². The number of hydrogen-bond donors (Lipinski definition) is 2. The molecule has 6 nitrogen and oxygen atoms in total. The van der Waals surface area contributed by atoms with Gasteiger partial charge in [0.25, 0.3) is 11.8 Å². The number of carbonyl (C=O) groups is 2. The summed E-state index contributed by atoms with van der Waals surface area (Å²) >= 11 is 0. The zero-order valence-corrected chi connectivity index (χ0v) is 13.4. The highest BCUT2D eigenvalue weighted by Gasteiger charge is 2.06. The number of amides is 2. The predicted molar refractivity (Wildman–Crippen MR) is 92.1 cm³/mol. The topological polar surface area (TPSA) is 79.8 Å². The van der Waals surface area contributed by atoms with E-state index in [4.69, 9.17) is 4.74 Å². The minimum atomic E-state index is -0.401. The highest BCUT2D eigenvalue weighted by Crippen LogP contribution is 2.10.